The van der Waals surface area contributed by atoms with Gasteiger partial charge in [0.2, 0.25) is 0 Å². The van der Waals surface area contributed by atoms with Gasteiger partial charge in [-0.2, -0.15) is 0 Å². The predicted molar refractivity (Wildman–Crippen MR) is 124 cm³/mol. The summed E-state index contributed by atoms with van der Waals surface area (Å²) in [5.41, 5.74) is 8.33. The van der Waals surface area contributed by atoms with Gasteiger partial charge in [-0.15, -0.1) is 10.2 Å². The number of aromatic nitrogens is 4. The maximum Gasteiger partial charge on any atom is 0.163 e. The molecule has 1 saturated heterocycles. The Labute approximate surface area is 182 Å². The van der Waals surface area contributed by atoms with Gasteiger partial charge in [-0.05, 0) is 73.4 Å². The molecule has 2 N–H and O–H groups in total. The van der Waals surface area contributed by atoms with Crippen LogP contribution in [0.3, 0.4) is 0 Å². The number of H-pyrrole nitrogens is 1. The maximum absolute atomic E-state index is 9.87. The second-order valence-electron chi connectivity index (χ2n) is 9.29. The van der Waals surface area contributed by atoms with Crippen molar-refractivity contribution in [2.45, 2.75) is 58.6 Å². The predicted octanol–water partition coefficient (Wildman–Crippen LogP) is 4.83. The number of nitrogens with one attached hydrogen (secondary N) is 1. The molecule has 4 heterocycles. The topological polar surface area (TPSA) is 69.5 Å². The van der Waals surface area contributed by atoms with Gasteiger partial charge in [-0.25, -0.2) is 0 Å². The zero-order valence-corrected chi connectivity index (χ0v) is 18.8. The van der Waals surface area contributed by atoms with Crippen molar-refractivity contribution < 1.29 is 5.11 Å². The quantitative estimate of drug-likeness (QED) is 0.499. The van der Waals surface area contributed by atoms with E-state index in [1.165, 1.54) is 27.7 Å². The highest BCUT2D eigenvalue weighted by molar-refractivity contribution is 5.92. The first kappa shape index (κ1) is 20.2. The van der Waals surface area contributed by atoms with Gasteiger partial charge in [0.25, 0.3) is 0 Å². The fourth-order valence-electron chi connectivity index (χ4n) is 5.16. The van der Waals surface area contributed by atoms with Crippen molar-refractivity contribution in [2.75, 3.05) is 13.1 Å². The molecule has 0 radical (unpaired) electrons. The number of likely N-dealkylation sites (tertiary alicyclic amines) is 1. The number of pyridine rings is 1. The Bertz CT molecular complexity index is 1230. The zero-order valence-electron chi connectivity index (χ0n) is 18.8. The summed E-state index contributed by atoms with van der Waals surface area (Å²) >= 11 is 0. The number of fused-ring (bicyclic) bond motifs is 2. The van der Waals surface area contributed by atoms with Crippen LogP contribution in [0.5, 0.6) is 0 Å². The van der Waals surface area contributed by atoms with E-state index in [1.54, 1.807) is 6.33 Å². The molecular formula is C25H31N5O. The average molecular weight is 418 g/mol. The Morgan fingerprint density at radius 1 is 1.13 bits per heavy atom. The van der Waals surface area contributed by atoms with Gasteiger partial charge >= 0.3 is 0 Å². The number of rotatable bonds is 4. The summed E-state index contributed by atoms with van der Waals surface area (Å²) in [7, 11) is 0. The van der Waals surface area contributed by atoms with E-state index in [0.29, 0.717) is 11.8 Å². The normalized spacial score (nSPS) is 17.2. The van der Waals surface area contributed by atoms with E-state index >= 15 is 0 Å². The van der Waals surface area contributed by atoms with Gasteiger partial charge in [-0.3, -0.25) is 9.30 Å². The number of piperidine rings is 1. The van der Waals surface area contributed by atoms with Crippen molar-refractivity contribution in [3.05, 3.63) is 53.5 Å². The van der Waals surface area contributed by atoms with Gasteiger partial charge in [0.15, 0.2) is 5.65 Å². The van der Waals surface area contributed by atoms with Crippen LogP contribution in [0.4, 0.5) is 0 Å². The molecule has 6 nitrogen and oxygen atoms in total. The summed E-state index contributed by atoms with van der Waals surface area (Å²) in [5, 5.41) is 19.5. The molecule has 1 atom stereocenters. The lowest BCUT2D eigenvalue weighted by Gasteiger charge is -2.34. The average Bonchev–Trinajstić information content (AvgIpc) is 3.38. The van der Waals surface area contributed by atoms with Gasteiger partial charge < -0.3 is 10.1 Å². The van der Waals surface area contributed by atoms with Crippen molar-refractivity contribution in [2.24, 2.45) is 0 Å². The van der Waals surface area contributed by atoms with Crippen LogP contribution in [0.15, 0.2) is 36.8 Å². The van der Waals surface area contributed by atoms with Crippen LogP contribution in [0.25, 0.3) is 27.8 Å². The molecule has 0 spiro atoms. The number of aliphatic hydroxyl groups excluding tert-OH is 1. The monoisotopic (exact) mass is 417 g/mol. The fraction of sp³-hybridized carbons (Fsp3) is 0.440. The number of aryl methyl sites for hydroxylation is 1. The van der Waals surface area contributed by atoms with Crippen LogP contribution in [0.2, 0.25) is 0 Å². The van der Waals surface area contributed by atoms with Crippen LogP contribution in [-0.2, 0) is 0 Å². The third-order valence-electron chi connectivity index (χ3n) is 6.83. The Hall–Kier alpha value is -2.70. The number of nitrogens with zero attached hydrogens (tertiary/aromatic N) is 4. The largest absolute Gasteiger partial charge is 0.379 e. The molecule has 1 aliphatic heterocycles. The summed E-state index contributed by atoms with van der Waals surface area (Å²) in [6.07, 6.45) is 5.71. The molecule has 6 heteroatoms. The molecule has 1 aromatic carbocycles. The van der Waals surface area contributed by atoms with E-state index in [1.807, 2.05) is 11.3 Å². The Morgan fingerprint density at radius 3 is 2.61 bits per heavy atom. The van der Waals surface area contributed by atoms with Gasteiger partial charge in [-0.1, -0.05) is 19.9 Å². The molecule has 1 unspecified atom stereocenters. The summed E-state index contributed by atoms with van der Waals surface area (Å²) in [5.74, 6) is 0.946. The van der Waals surface area contributed by atoms with Gasteiger partial charge in [0, 0.05) is 35.8 Å². The fourth-order valence-corrected chi connectivity index (χ4v) is 5.16. The smallest absolute Gasteiger partial charge is 0.163 e. The molecule has 1 fully saturated rings. The minimum Gasteiger partial charge on any atom is -0.379 e. The lowest BCUT2D eigenvalue weighted by atomic mass is 9.87. The third-order valence-corrected chi connectivity index (χ3v) is 6.83. The molecule has 0 amide bonds. The number of benzene rings is 1. The van der Waals surface area contributed by atoms with Crippen molar-refractivity contribution in [1.82, 2.24) is 24.5 Å². The second-order valence-corrected chi connectivity index (χ2v) is 9.29. The lowest BCUT2D eigenvalue weighted by Crippen LogP contribution is -2.39. The molecular weight excluding hydrogens is 386 g/mol. The van der Waals surface area contributed by atoms with Crippen LogP contribution in [-0.4, -0.2) is 48.9 Å². The molecule has 162 valence electrons. The van der Waals surface area contributed by atoms with Crippen molar-refractivity contribution in [1.29, 1.82) is 0 Å². The summed E-state index contributed by atoms with van der Waals surface area (Å²) < 4.78 is 2.00. The molecule has 0 bridgehead atoms. The highest BCUT2D eigenvalue weighted by Crippen LogP contribution is 2.38. The zero-order chi connectivity index (χ0) is 21.7. The maximum atomic E-state index is 9.87. The number of hydrogen-bond acceptors (Lipinski definition) is 4. The second kappa shape index (κ2) is 7.77. The third kappa shape index (κ3) is 3.54. The highest BCUT2D eigenvalue weighted by atomic mass is 16.3. The SMILES string of the molecule is Cc1cc(-c2[nH]c3ccc(C4CCN(C(C)O)CC4)cc3c2C(C)C)cn2cnnc12. The Kier molecular flexibility index (Phi) is 5.07. The van der Waals surface area contributed by atoms with Crippen molar-refractivity contribution >= 4 is 16.6 Å². The first-order chi connectivity index (χ1) is 14.9. The minimum absolute atomic E-state index is 0.352. The summed E-state index contributed by atoms with van der Waals surface area (Å²) in [6, 6.07) is 9.12. The first-order valence-electron chi connectivity index (χ1n) is 11.3. The summed E-state index contributed by atoms with van der Waals surface area (Å²) in [4.78, 5) is 5.86. The number of hydrogen-bond donors (Lipinski definition) is 2. The summed E-state index contributed by atoms with van der Waals surface area (Å²) in [6.45, 7) is 10.4. The van der Waals surface area contributed by atoms with Crippen molar-refractivity contribution in [3.63, 3.8) is 0 Å². The van der Waals surface area contributed by atoms with Crippen LogP contribution >= 0.6 is 0 Å². The molecule has 4 aromatic rings. The van der Waals surface area contributed by atoms with E-state index in [4.69, 9.17) is 0 Å². The molecule has 0 aliphatic carbocycles. The molecule has 31 heavy (non-hydrogen) atoms. The Balaban J connectivity index is 1.57. The molecule has 0 saturated carbocycles. The standard InChI is InChI=1S/C25H31N5O/c1-15(2)23-21-12-19(18-7-9-29(10-8-18)17(4)31)5-6-22(21)27-24(23)20-11-16(3)25-28-26-14-30(25)13-20/h5-6,11-15,17-18,27,31H,7-10H2,1-4H3. The Morgan fingerprint density at radius 2 is 1.90 bits per heavy atom. The van der Waals surface area contributed by atoms with E-state index in [-0.39, 0.29) is 6.23 Å². The molecule has 1 aliphatic rings. The first-order valence-corrected chi connectivity index (χ1v) is 11.3. The van der Waals surface area contributed by atoms with Gasteiger partial charge in [0.05, 0.1) is 5.69 Å². The van der Waals surface area contributed by atoms with Crippen molar-refractivity contribution in [3.8, 4) is 11.3 Å². The lowest BCUT2D eigenvalue weighted by molar-refractivity contribution is 0.00306. The van der Waals surface area contributed by atoms with E-state index in [9.17, 15) is 5.11 Å². The van der Waals surface area contributed by atoms with E-state index in [2.05, 4.69) is 71.3 Å². The van der Waals surface area contributed by atoms with E-state index < -0.39 is 0 Å². The minimum atomic E-state index is -0.352. The van der Waals surface area contributed by atoms with Gasteiger partial charge in [0.1, 0.15) is 12.6 Å². The number of aromatic amines is 1. The molecule has 5 rings (SSSR count). The van der Waals surface area contributed by atoms with Crippen LogP contribution in [0, 0.1) is 6.92 Å². The van der Waals surface area contributed by atoms with E-state index in [0.717, 1.165) is 42.7 Å². The number of aliphatic hydroxyl groups is 1. The molecule has 3 aromatic heterocycles. The van der Waals surface area contributed by atoms with Crippen LogP contribution < -0.4 is 0 Å². The van der Waals surface area contributed by atoms with Crippen LogP contribution in [0.1, 0.15) is 62.1 Å². The highest BCUT2D eigenvalue weighted by Gasteiger charge is 2.24.